The molecular weight excluding hydrogens is 557 g/mol. The molecule has 0 N–H and O–H groups in total. The monoisotopic (exact) mass is 580 g/mol. The van der Waals surface area contributed by atoms with Gasteiger partial charge in [-0.2, -0.15) is 9.40 Å². The highest BCUT2D eigenvalue weighted by Gasteiger charge is 2.51. The van der Waals surface area contributed by atoms with Crippen LogP contribution < -0.4 is 4.74 Å². The molecule has 1 atom stereocenters. The van der Waals surface area contributed by atoms with Crippen LogP contribution in [0.1, 0.15) is 28.2 Å². The van der Waals surface area contributed by atoms with E-state index in [1.165, 1.54) is 18.3 Å². The van der Waals surface area contributed by atoms with E-state index in [-0.39, 0.29) is 37.4 Å². The van der Waals surface area contributed by atoms with Crippen molar-refractivity contribution < 1.29 is 31.1 Å². The molecule has 2 aromatic heterocycles. The van der Waals surface area contributed by atoms with E-state index in [0.29, 0.717) is 34.7 Å². The summed E-state index contributed by atoms with van der Waals surface area (Å²) in [6, 6.07) is 12.1. The van der Waals surface area contributed by atoms with Crippen molar-refractivity contribution in [2.75, 3.05) is 20.2 Å². The summed E-state index contributed by atoms with van der Waals surface area (Å²) in [7, 11) is -3.33. The van der Waals surface area contributed by atoms with Crippen LogP contribution in [-0.4, -0.2) is 53.5 Å². The normalized spacial score (nSPS) is 18.8. The molecule has 4 aromatic rings. The zero-order chi connectivity index (χ0) is 28.9. The molecular formula is C29H23F3N4O4S. The maximum Gasteiger partial charge on any atom is 0.243 e. The first-order valence-corrected chi connectivity index (χ1v) is 14.1. The fourth-order valence-electron chi connectivity index (χ4n) is 5.58. The molecule has 1 saturated heterocycles. The van der Waals surface area contributed by atoms with Crippen LogP contribution in [0.3, 0.4) is 0 Å². The maximum absolute atomic E-state index is 14.5. The van der Waals surface area contributed by atoms with E-state index in [4.69, 9.17) is 0 Å². The average Bonchev–Trinajstić information content (AvgIpc) is 3.38. The minimum absolute atomic E-state index is 0.0271. The molecule has 0 bridgehead atoms. The first kappa shape index (κ1) is 26.9. The number of pyridine rings is 1. The lowest BCUT2D eigenvalue weighted by Crippen LogP contribution is -2.53. The Labute approximate surface area is 233 Å². The first-order valence-electron chi connectivity index (χ1n) is 12.7. The Morgan fingerprint density at radius 3 is 2.44 bits per heavy atom. The number of benzene rings is 2. The number of methoxy groups -OCH3 is 1. The van der Waals surface area contributed by atoms with Gasteiger partial charge in [0.2, 0.25) is 10.0 Å². The Morgan fingerprint density at radius 1 is 1.05 bits per heavy atom. The SMILES string of the molecule is COc1c(F)cc(S(=O)(=O)N2CCC3=Cc4c(cnn4-c4ccc(F)cc4)CC3(C(=O)c3ccccn3)C2)cc1F. The van der Waals surface area contributed by atoms with E-state index in [2.05, 4.69) is 14.8 Å². The molecule has 0 amide bonds. The Morgan fingerprint density at radius 2 is 1.78 bits per heavy atom. The van der Waals surface area contributed by atoms with Gasteiger partial charge in [0.15, 0.2) is 23.2 Å². The fraction of sp³-hybridized carbons (Fsp3) is 0.207. The van der Waals surface area contributed by atoms with Gasteiger partial charge >= 0.3 is 0 Å². The standard InChI is InChI=1S/C29H23F3N4O4S/c1-40-27-23(31)13-22(14-24(27)32)41(38,39)35-11-9-19-12-26-18(16-34-36(26)21-7-5-20(30)6-8-21)15-29(19,17-35)28(37)25-4-2-3-10-33-25/h2-8,10,12-14,16H,9,11,15,17H2,1H3. The summed E-state index contributed by atoms with van der Waals surface area (Å²) in [6.07, 6.45) is 5.19. The van der Waals surface area contributed by atoms with E-state index in [1.807, 2.05) is 6.08 Å². The third-order valence-corrected chi connectivity index (χ3v) is 9.42. The largest absolute Gasteiger partial charge is 0.491 e. The molecule has 0 saturated carbocycles. The number of hydrogen-bond donors (Lipinski definition) is 0. The summed E-state index contributed by atoms with van der Waals surface area (Å²) in [5.41, 5.74) is 1.51. The zero-order valence-corrected chi connectivity index (χ0v) is 22.5. The Hall–Kier alpha value is -4.29. The van der Waals surface area contributed by atoms with Crippen LogP contribution in [-0.2, 0) is 16.4 Å². The van der Waals surface area contributed by atoms with E-state index in [9.17, 15) is 26.4 Å². The molecule has 2 aromatic carbocycles. The van der Waals surface area contributed by atoms with Gasteiger partial charge in [0.05, 0.1) is 35.0 Å². The summed E-state index contributed by atoms with van der Waals surface area (Å²) in [6.45, 7) is -0.298. The highest BCUT2D eigenvalue weighted by molar-refractivity contribution is 7.89. The van der Waals surface area contributed by atoms with E-state index in [1.54, 1.807) is 41.2 Å². The number of Topliss-reactive ketones (excluding diaryl/α,β-unsaturated/α-hetero) is 1. The smallest absolute Gasteiger partial charge is 0.243 e. The number of hydrogen-bond acceptors (Lipinski definition) is 6. The number of sulfonamides is 1. The quantitative estimate of drug-likeness (QED) is 0.310. The van der Waals surface area contributed by atoms with E-state index < -0.39 is 43.5 Å². The van der Waals surface area contributed by atoms with Gasteiger partial charge in [0, 0.05) is 19.3 Å². The second-order valence-corrected chi connectivity index (χ2v) is 11.9. The van der Waals surface area contributed by atoms with Gasteiger partial charge in [0.25, 0.3) is 0 Å². The van der Waals surface area contributed by atoms with Crippen LogP contribution in [0, 0.1) is 22.9 Å². The number of rotatable bonds is 6. The Bertz CT molecular complexity index is 1780. The number of carbonyl (C=O) groups is 1. The lowest BCUT2D eigenvalue weighted by molar-refractivity contribution is 0.0770. The first-order chi connectivity index (χ1) is 19.6. The molecule has 6 rings (SSSR count). The minimum atomic E-state index is -4.41. The molecule has 8 nitrogen and oxygen atoms in total. The summed E-state index contributed by atoms with van der Waals surface area (Å²) in [4.78, 5) is 17.8. The van der Waals surface area contributed by atoms with Crippen molar-refractivity contribution in [2.24, 2.45) is 5.41 Å². The predicted octanol–water partition coefficient (Wildman–Crippen LogP) is 4.60. The van der Waals surface area contributed by atoms with Crippen LogP contribution >= 0.6 is 0 Å². The molecule has 2 aliphatic rings. The number of halogens is 3. The fourth-order valence-corrected chi connectivity index (χ4v) is 7.11. The van der Waals surface area contributed by atoms with E-state index >= 15 is 0 Å². The van der Waals surface area contributed by atoms with Gasteiger partial charge < -0.3 is 4.74 Å². The van der Waals surface area contributed by atoms with Crippen molar-refractivity contribution in [1.29, 1.82) is 0 Å². The summed E-state index contributed by atoms with van der Waals surface area (Å²) in [5, 5.41) is 4.47. The third kappa shape index (κ3) is 4.43. The van der Waals surface area contributed by atoms with Gasteiger partial charge in [-0.15, -0.1) is 0 Å². The lowest BCUT2D eigenvalue weighted by atomic mass is 9.65. The molecule has 12 heteroatoms. The van der Waals surface area contributed by atoms with Crippen molar-refractivity contribution in [3.8, 4) is 11.4 Å². The molecule has 210 valence electrons. The van der Waals surface area contributed by atoms with Crippen LogP contribution in [0.2, 0.25) is 0 Å². The Kier molecular flexibility index (Phi) is 6.54. The minimum Gasteiger partial charge on any atom is -0.491 e. The second-order valence-electron chi connectivity index (χ2n) is 9.92. The van der Waals surface area contributed by atoms with Crippen LogP contribution in [0.15, 0.2) is 77.5 Å². The molecule has 0 radical (unpaired) electrons. The summed E-state index contributed by atoms with van der Waals surface area (Å²) in [5.74, 6) is -3.76. The van der Waals surface area contributed by atoms with Gasteiger partial charge in [-0.05, 0) is 73.0 Å². The van der Waals surface area contributed by atoms with Crippen LogP contribution in [0.4, 0.5) is 13.2 Å². The average molecular weight is 581 g/mol. The van der Waals surface area contributed by atoms with Crippen LogP contribution in [0.5, 0.6) is 5.75 Å². The number of nitrogens with zero attached hydrogens (tertiary/aromatic N) is 4. The van der Waals surface area contributed by atoms with Crippen molar-refractivity contribution in [3.63, 3.8) is 0 Å². The van der Waals surface area contributed by atoms with E-state index in [0.717, 1.165) is 11.4 Å². The molecule has 1 unspecified atom stereocenters. The number of fused-ring (bicyclic) bond motifs is 2. The maximum atomic E-state index is 14.5. The number of ketones is 1. The van der Waals surface area contributed by atoms with Gasteiger partial charge in [0.1, 0.15) is 11.5 Å². The molecule has 3 heterocycles. The van der Waals surface area contributed by atoms with Crippen molar-refractivity contribution in [1.82, 2.24) is 19.1 Å². The topological polar surface area (TPSA) is 94.4 Å². The number of aromatic nitrogens is 3. The third-order valence-electron chi connectivity index (χ3n) is 7.60. The molecule has 1 aliphatic heterocycles. The van der Waals surface area contributed by atoms with Gasteiger partial charge in [-0.3, -0.25) is 9.78 Å². The molecule has 0 spiro atoms. The molecule has 1 fully saturated rings. The molecule has 1 aliphatic carbocycles. The highest BCUT2D eigenvalue weighted by atomic mass is 32.2. The number of ether oxygens (including phenoxy) is 1. The Balaban J connectivity index is 1.44. The van der Waals surface area contributed by atoms with Crippen molar-refractivity contribution in [2.45, 2.75) is 17.7 Å². The second kappa shape index (κ2) is 9.96. The van der Waals surface area contributed by atoms with Gasteiger partial charge in [-0.1, -0.05) is 11.6 Å². The van der Waals surface area contributed by atoms with Crippen LogP contribution in [0.25, 0.3) is 11.8 Å². The molecule has 41 heavy (non-hydrogen) atoms. The summed E-state index contributed by atoms with van der Waals surface area (Å²) >= 11 is 0. The number of carbonyl (C=O) groups excluding carboxylic acids is 1. The highest BCUT2D eigenvalue weighted by Crippen LogP contribution is 2.47. The van der Waals surface area contributed by atoms with Gasteiger partial charge in [-0.25, -0.2) is 26.3 Å². The lowest BCUT2D eigenvalue weighted by Gasteiger charge is -2.44. The van der Waals surface area contributed by atoms with Crippen molar-refractivity contribution >= 4 is 21.9 Å². The summed E-state index contributed by atoms with van der Waals surface area (Å²) < 4.78 is 77.3. The zero-order valence-electron chi connectivity index (χ0n) is 21.7. The predicted molar refractivity (Wildman–Crippen MR) is 142 cm³/mol. The number of piperidine rings is 1. The van der Waals surface area contributed by atoms with Crippen molar-refractivity contribution in [3.05, 3.63) is 107 Å².